The summed E-state index contributed by atoms with van der Waals surface area (Å²) in [6.07, 6.45) is -0.680. The molecule has 0 amide bonds. The summed E-state index contributed by atoms with van der Waals surface area (Å²) in [5.41, 5.74) is 4.76. The number of carbonyl (C=O) groups is 2. The molecule has 1 atom stereocenters. The summed E-state index contributed by atoms with van der Waals surface area (Å²) < 4.78 is 24.6. The van der Waals surface area contributed by atoms with Crippen molar-refractivity contribution < 1.29 is 23.5 Å². The zero-order chi connectivity index (χ0) is 31.9. The Kier molecular flexibility index (Phi) is 10.9. The Labute approximate surface area is 272 Å². The van der Waals surface area contributed by atoms with Gasteiger partial charge in [0.1, 0.15) is 16.6 Å². The maximum Gasteiger partial charge on any atom is 0.347 e. The fraction of sp³-hybridized carbons (Fsp3) is 0.343. The number of nitrogens with zero attached hydrogens (tertiary/aromatic N) is 3. The molecule has 1 aromatic heterocycles. The normalized spacial score (nSPS) is 14.3. The van der Waals surface area contributed by atoms with Crippen molar-refractivity contribution in [1.29, 1.82) is 0 Å². The van der Waals surface area contributed by atoms with Crippen LogP contribution in [0.4, 0.5) is 10.1 Å². The number of benzene rings is 3. The average molecular weight is 648 g/mol. The number of hydrogen-bond acceptors (Lipinski definition) is 9. The summed E-state index contributed by atoms with van der Waals surface area (Å²) in [4.78, 5) is 35.8. The maximum absolute atomic E-state index is 13.6. The third kappa shape index (κ3) is 8.51. The topological polar surface area (TPSA) is 72.0 Å². The number of hydrogen-bond donors (Lipinski definition) is 0. The van der Waals surface area contributed by atoms with Crippen LogP contribution in [0.5, 0.6) is 5.75 Å². The van der Waals surface area contributed by atoms with Gasteiger partial charge in [-0.1, -0.05) is 0 Å². The summed E-state index contributed by atoms with van der Waals surface area (Å²) in [6.45, 7) is 11.7. The van der Waals surface area contributed by atoms with E-state index < -0.39 is 6.10 Å². The van der Waals surface area contributed by atoms with Crippen LogP contribution < -0.4 is 9.64 Å². The number of Topliss-reactive ketones (excluding diaryl/α,β-unsaturated/α-hetero) is 1. The molecule has 1 aliphatic rings. The molecule has 1 unspecified atom stereocenters. The molecule has 1 aliphatic heterocycles. The molecule has 5 rings (SSSR count). The molecule has 236 valence electrons. The monoisotopic (exact) mass is 647 g/mol. The van der Waals surface area contributed by atoms with Gasteiger partial charge >= 0.3 is 5.97 Å². The number of aromatic nitrogens is 1. The van der Waals surface area contributed by atoms with Gasteiger partial charge in [0.2, 0.25) is 0 Å². The second-order valence-corrected chi connectivity index (χ2v) is 13.1. The van der Waals surface area contributed by atoms with E-state index in [-0.39, 0.29) is 17.6 Å². The smallest absolute Gasteiger partial charge is 0.347 e. The average Bonchev–Trinajstić information content (AvgIpc) is 3.44. The summed E-state index contributed by atoms with van der Waals surface area (Å²) in [6, 6.07) is 20.3. The molecule has 0 N–H and O–H groups in total. The molecular formula is C35H38FN3O4S2. The van der Waals surface area contributed by atoms with Crippen molar-refractivity contribution in [1.82, 2.24) is 9.88 Å². The third-order valence-corrected chi connectivity index (χ3v) is 10.0. The van der Waals surface area contributed by atoms with E-state index in [4.69, 9.17) is 14.5 Å². The molecule has 0 spiro atoms. The minimum absolute atomic E-state index is 0.0745. The lowest BCUT2D eigenvalue weighted by molar-refractivity contribution is -0.150. The van der Waals surface area contributed by atoms with Gasteiger partial charge in [0.15, 0.2) is 11.9 Å². The number of rotatable bonds is 12. The van der Waals surface area contributed by atoms with E-state index in [0.717, 1.165) is 76.5 Å². The minimum atomic E-state index is -0.680. The Hall–Kier alpha value is -3.73. The Morgan fingerprint density at radius 1 is 1.02 bits per heavy atom. The highest BCUT2D eigenvalue weighted by Crippen LogP contribution is 2.35. The van der Waals surface area contributed by atoms with Crippen molar-refractivity contribution in [2.75, 3.05) is 37.7 Å². The van der Waals surface area contributed by atoms with Crippen LogP contribution in [0.25, 0.3) is 10.6 Å². The molecule has 4 aromatic rings. The van der Waals surface area contributed by atoms with Crippen LogP contribution in [0.15, 0.2) is 71.6 Å². The fourth-order valence-corrected chi connectivity index (χ4v) is 7.28. The Bertz CT molecular complexity index is 1620. The van der Waals surface area contributed by atoms with Gasteiger partial charge in [-0.2, -0.15) is 0 Å². The number of ether oxygens (including phenoxy) is 2. The Balaban J connectivity index is 1.26. The van der Waals surface area contributed by atoms with Crippen LogP contribution in [0.2, 0.25) is 0 Å². The Morgan fingerprint density at radius 2 is 1.73 bits per heavy atom. The van der Waals surface area contributed by atoms with Crippen molar-refractivity contribution in [3.05, 3.63) is 94.2 Å². The van der Waals surface area contributed by atoms with Gasteiger partial charge in [-0.05, 0) is 100.0 Å². The SMILES string of the molecule is CCOC(=O)C(C)Oc1ccc(SCc2sc(-c3ccc(F)cc3)nc2CN2CCN(c3ccc(C(C)=O)cc3)CC2)cc1C. The molecule has 7 nitrogen and oxygen atoms in total. The number of carbonyl (C=O) groups excluding carboxylic acids is 2. The van der Waals surface area contributed by atoms with Gasteiger partial charge in [0.25, 0.3) is 0 Å². The first-order valence-electron chi connectivity index (χ1n) is 15.1. The molecule has 10 heteroatoms. The largest absolute Gasteiger partial charge is 0.479 e. The van der Waals surface area contributed by atoms with Gasteiger partial charge in [0, 0.05) is 65.1 Å². The molecule has 3 aromatic carbocycles. The molecule has 2 heterocycles. The van der Waals surface area contributed by atoms with Gasteiger partial charge in [0.05, 0.1) is 12.3 Å². The van der Waals surface area contributed by atoms with E-state index >= 15 is 0 Å². The minimum Gasteiger partial charge on any atom is -0.479 e. The lowest BCUT2D eigenvalue weighted by Crippen LogP contribution is -2.46. The highest BCUT2D eigenvalue weighted by molar-refractivity contribution is 7.98. The number of aryl methyl sites for hydroxylation is 1. The molecule has 45 heavy (non-hydrogen) atoms. The van der Waals surface area contributed by atoms with E-state index in [1.165, 1.54) is 17.0 Å². The highest BCUT2D eigenvalue weighted by atomic mass is 32.2. The van der Waals surface area contributed by atoms with Gasteiger partial charge in [-0.15, -0.1) is 23.1 Å². The van der Waals surface area contributed by atoms with E-state index in [0.29, 0.717) is 12.4 Å². The first-order valence-corrected chi connectivity index (χ1v) is 16.9. The van der Waals surface area contributed by atoms with Crippen LogP contribution >= 0.6 is 23.1 Å². The number of thiazole rings is 1. The number of esters is 1. The molecule has 0 saturated carbocycles. The first-order chi connectivity index (χ1) is 21.7. The van der Waals surface area contributed by atoms with Crippen molar-refractivity contribution in [3.63, 3.8) is 0 Å². The van der Waals surface area contributed by atoms with Crippen molar-refractivity contribution in [2.45, 2.75) is 51.0 Å². The van der Waals surface area contributed by atoms with E-state index in [9.17, 15) is 14.0 Å². The number of anilines is 1. The maximum atomic E-state index is 13.6. The van der Waals surface area contributed by atoms with E-state index in [2.05, 4.69) is 15.9 Å². The highest BCUT2D eigenvalue weighted by Gasteiger charge is 2.22. The van der Waals surface area contributed by atoms with E-state index in [1.54, 1.807) is 56.0 Å². The molecule has 0 radical (unpaired) electrons. The zero-order valence-corrected chi connectivity index (χ0v) is 27.7. The summed E-state index contributed by atoms with van der Waals surface area (Å²) in [5.74, 6) is 0.834. The second-order valence-electron chi connectivity index (χ2n) is 11.0. The summed E-state index contributed by atoms with van der Waals surface area (Å²) in [7, 11) is 0. The summed E-state index contributed by atoms with van der Waals surface area (Å²) in [5, 5.41) is 0.887. The zero-order valence-electron chi connectivity index (χ0n) is 26.0. The number of thioether (sulfide) groups is 1. The van der Waals surface area contributed by atoms with Crippen LogP contribution in [0, 0.1) is 12.7 Å². The number of ketones is 1. The van der Waals surface area contributed by atoms with Crippen molar-refractivity contribution in [2.24, 2.45) is 0 Å². The molecule has 1 fully saturated rings. The van der Waals surface area contributed by atoms with E-state index in [1.807, 2.05) is 43.3 Å². The molecular weight excluding hydrogens is 610 g/mol. The lowest BCUT2D eigenvalue weighted by Gasteiger charge is -2.36. The summed E-state index contributed by atoms with van der Waals surface area (Å²) >= 11 is 3.39. The van der Waals surface area contributed by atoms with Gasteiger partial charge < -0.3 is 14.4 Å². The number of halogens is 1. The lowest BCUT2D eigenvalue weighted by atomic mass is 10.1. The van der Waals surface area contributed by atoms with Crippen molar-refractivity contribution in [3.8, 4) is 16.3 Å². The quantitative estimate of drug-likeness (QED) is 0.0895. The molecule has 0 aliphatic carbocycles. The second kappa shape index (κ2) is 15.0. The fourth-order valence-electron chi connectivity index (χ4n) is 5.11. The van der Waals surface area contributed by atoms with Crippen LogP contribution in [-0.4, -0.2) is 60.5 Å². The van der Waals surface area contributed by atoms with Crippen molar-refractivity contribution >= 4 is 40.5 Å². The standard InChI is InChI=1S/C35H38FN3O4S2/c1-5-42-35(41)25(4)43-32-15-14-30(20-23(32)2)44-22-33-31(37-34(45-33)27-6-10-28(36)11-7-27)21-38-16-18-39(19-17-38)29-12-8-26(9-13-29)24(3)40/h6-15,20,25H,5,16-19,21-22H2,1-4H3. The molecule has 1 saturated heterocycles. The van der Waals surface area contributed by atoms with Gasteiger partial charge in [-0.3, -0.25) is 9.69 Å². The predicted molar refractivity (Wildman–Crippen MR) is 179 cm³/mol. The third-order valence-electron chi connectivity index (χ3n) is 7.69. The molecule has 0 bridgehead atoms. The predicted octanol–water partition coefficient (Wildman–Crippen LogP) is 7.41. The first kappa shape index (κ1) is 32.7. The van der Waals surface area contributed by atoms with Crippen LogP contribution in [0.1, 0.15) is 47.3 Å². The van der Waals surface area contributed by atoms with Crippen LogP contribution in [0.3, 0.4) is 0 Å². The number of piperazine rings is 1. The van der Waals surface area contributed by atoms with Crippen LogP contribution in [-0.2, 0) is 21.8 Å². The Morgan fingerprint density at radius 3 is 2.38 bits per heavy atom. The van der Waals surface area contributed by atoms with Gasteiger partial charge in [-0.25, -0.2) is 14.2 Å².